The third kappa shape index (κ3) is 17.3. The van der Waals surface area contributed by atoms with Crippen molar-refractivity contribution in [2.75, 3.05) is 33.7 Å². The molecule has 0 fully saturated rings. The lowest BCUT2D eigenvalue weighted by molar-refractivity contribution is -0.121. The predicted molar refractivity (Wildman–Crippen MR) is 91.4 cm³/mol. The lowest BCUT2D eigenvalue weighted by Gasteiger charge is -2.09. The van der Waals surface area contributed by atoms with Crippen LogP contribution in [0.3, 0.4) is 0 Å². The molecule has 0 heterocycles. The van der Waals surface area contributed by atoms with E-state index in [4.69, 9.17) is 5.73 Å². The van der Waals surface area contributed by atoms with Crippen LogP contribution >= 0.6 is 0 Å². The first-order chi connectivity index (χ1) is 10.2. The van der Waals surface area contributed by atoms with E-state index in [0.29, 0.717) is 6.42 Å². The molecule has 0 radical (unpaired) electrons. The molecule has 21 heavy (non-hydrogen) atoms. The largest absolute Gasteiger partial charge is 0.356 e. The third-order valence-electron chi connectivity index (χ3n) is 3.71. The van der Waals surface area contributed by atoms with Crippen LogP contribution in [0.25, 0.3) is 0 Å². The van der Waals surface area contributed by atoms with E-state index in [1.54, 1.807) is 0 Å². The third-order valence-corrected chi connectivity index (χ3v) is 3.71. The molecule has 0 aromatic carbocycles. The maximum atomic E-state index is 11.6. The number of carbonyl (C=O) groups excluding carboxylic acids is 1. The number of unbranched alkanes of at least 4 members (excludes halogenated alkanes) is 8. The first kappa shape index (κ1) is 20.4. The Balaban J connectivity index is 3.14. The second-order valence-electron chi connectivity index (χ2n) is 6.23. The number of amides is 1. The molecule has 0 saturated carbocycles. The molecule has 0 aromatic heterocycles. The van der Waals surface area contributed by atoms with Gasteiger partial charge in [-0.1, -0.05) is 44.9 Å². The molecule has 0 bridgehead atoms. The standard InChI is InChI=1S/C17H37N3O/c1-20(2)16-12-15-19-17(21)13-10-8-6-4-3-5-7-9-11-14-18/h3-16,18H2,1-2H3,(H,19,21). The summed E-state index contributed by atoms with van der Waals surface area (Å²) in [5.74, 6) is 0.218. The fourth-order valence-electron chi connectivity index (χ4n) is 2.38. The fourth-order valence-corrected chi connectivity index (χ4v) is 2.38. The normalized spacial score (nSPS) is 11.0. The minimum Gasteiger partial charge on any atom is -0.356 e. The summed E-state index contributed by atoms with van der Waals surface area (Å²) < 4.78 is 0. The van der Waals surface area contributed by atoms with E-state index in [1.807, 2.05) is 0 Å². The topological polar surface area (TPSA) is 58.4 Å². The molecule has 4 heteroatoms. The van der Waals surface area contributed by atoms with Crippen LogP contribution in [0.15, 0.2) is 0 Å². The first-order valence-corrected chi connectivity index (χ1v) is 8.78. The molecular formula is C17H37N3O. The molecule has 0 aliphatic rings. The Morgan fingerprint density at radius 2 is 1.38 bits per heavy atom. The minimum absolute atomic E-state index is 0.218. The van der Waals surface area contributed by atoms with Gasteiger partial charge in [0.2, 0.25) is 5.91 Å². The number of hydrogen-bond acceptors (Lipinski definition) is 3. The minimum atomic E-state index is 0.218. The maximum Gasteiger partial charge on any atom is 0.219 e. The summed E-state index contributed by atoms with van der Waals surface area (Å²) in [6, 6.07) is 0. The molecule has 0 aliphatic carbocycles. The summed E-state index contributed by atoms with van der Waals surface area (Å²) in [5.41, 5.74) is 5.47. The number of carbonyl (C=O) groups is 1. The van der Waals surface area contributed by atoms with Gasteiger partial charge >= 0.3 is 0 Å². The Hall–Kier alpha value is -0.610. The van der Waals surface area contributed by atoms with Crippen molar-refractivity contribution >= 4 is 5.91 Å². The lowest BCUT2D eigenvalue weighted by Crippen LogP contribution is -2.26. The molecule has 0 rings (SSSR count). The summed E-state index contributed by atoms with van der Waals surface area (Å²) in [4.78, 5) is 13.7. The molecule has 0 aromatic rings. The number of hydrogen-bond donors (Lipinski definition) is 2. The van der Waals surface area contributed by atoms with E-state index < -0.39 is 0 Å². The molecule has 0 aliphatic heterocycles. The average Bonchev–Trinajstić information content (AvgIpc) is 2.45. The summed E-state index contributed by atoms with van der Waals surface area (Å²) in [5, 5.41) is 2.99. The summed E-state index contributed by atoms with van der Waals surface area (Å²) >= 11 is 0. The Kier molecular flexibility index (Phi) is 15.3. The Labute approximate surface area is 131 Å². The van der Waals surface area contributed by atoms with Gasteiger partial charge in [0.1, 0.15) is 0 Å². The van der Waals surface area contributed by atoms with Gasteiger partial charge in [0.25, 0.3) is 0 Å². The van der Waals surface area contributed by atoms with Crippen LogP contribution in [0, 0.1) is 0 Å². The van der Waals surface area contributed by atoms with E-state index in [-0.39, 0.29) is 5.91 Å². The van der Waals surface area contributed by atoms with Crippen LogP contribution < -0.4 is 11.1 Å². The van der Waals surface area contributed by atoms with Gasteiger partial charge in [0.05, 0.1) is 0 Å². The number of rotatable bonds is 15. The van der Waals surface area contributed by atoms with Crippen LogP contribution in [0.4, 0.5) is 0 Å². The highest BCUT2D eigenvalue weighted by molar-refractivity contribution is 5.75. The highest BCUT2D eigenvalue weighted by Crippen LogP contribution is 2.10. The van der Waals surface area contributed by atoms with Crippen LogP contribution in [0.5, 0.6) is 0 Å². The van der Waals surface area contributed by atoms with Crippen molar-refractivity contribution < 1.29 is 4.79 Å². The Morgan fingerprint density at radius 1 is 0.857 bits per heavy atom. The number of nitrogens with one attached hydrogen (secondary N) is 1. The molecule has 0 atom stereocenters. The van der Waals surface area contributed by atoms with E-state index in [0.717, 1.165) is 32.5 Å². The Bertz CT molecular complexity index is 232. The van der Waals surface area contributed by atoms with E-state index in [9.17, 15) is 4.79 Å². The van der Waals surface area contributed by atoms with Gasteiger partial charge in [-0.05, 0) is 46.4 Å². The summed E-state index contributed by atoms with van der Waals surface area (Å²) in [7, 11) is 4.11. The molecule has 1 amide bonds. The quantitative estimate of drug-likeness (QED) is 0.457. The van der Waals surface area contributed by atoms with E-state index in [2.05, 4.69) is 24.3 Å². The monoisotopic (exact) mass is 299 g/mol. The lowest BCUT2D eigenvalue weighted by atomic mass is 10.1. The average molecular weight is 300 g/mol. The molecule has 0 saturated heterocycles. The second-order valence-corrected chi connectivity index (χ2v) is 6.23. The predicted octanol–water partition coefficient (Wildman–Crippen LogP) is 2.91. The van der Waals surface area contributed by atoms with E-state index in [1.165, 1.54) is 51.4 Å². The van der Waals surface area contributed by atoms with Gasteiger partial charge in [-0.25, -0.2) is 0 Å². The van der Waals surface area contributed by atoms with Gasteiger partial charge in [0, 0.05) is 13.0 Å². The van der Waals surface area contributed by atoms with Gasteiger partial charge in [-0.3, -0.25) is 4.79 Å². The highest BCUT2D eigenvalue weighted by atomic mass is 16.1. The zero-order valence-electron chi connectivity index (χ0n) is 14.3. The fraction of sp³-hybridized carbons (Fsp3) is 0.941. The van der Waals surface area contributed by atoms with Crippen molar-refractivity contribution in [3.63, 3.8) is 0 Å². The summed E-state index contributed by atoms with van der Waals surface area (Å²) in [6.07, 6.45) is 13.0. The van der Waals surface area contributed by atoms with Crippen LogP contribution in [0.1, 0.15) is 70.6 Å². The van der Waals surface area contributed by atoms with Crippen molar-refractivity contribution in [3.05, 3.63) is 0 Å². The van der Waals surface area contributed by atoms with Gasteiger partial charge in [-0.15, -0.1) is 0 Å². The van der Waals surface area contributed by atoms with Crippen LogP contribution in [-0.2, 0) is 4.79 Å². The Morgan fingerprint density at radius 3 is 1.90 bits per heavy atom. The van der Waals surface area contributed by atoms with Gasteiger partial charge in [-0.2, -0.15) is 0 Å². The van der Waals surface area contributed by atoms with Crippen molar-refractivity contribution in [1.29, 1.82) is 0 Å². The SMILES string of the molecule is CN(C)CCCNC(=O)CCCCCCCCCCCN. The molecule has 126 valence electrons. The molecule has 3 N–H and O–H groups in total. The smallest absolute Gasteiger partial charge is 0.219 e. The zero-order valence-corrected chi connectivity index (χ0v) is 14.3. The number of nitrogens with two attached hydrogens (primary N) is 1. The van der Waals surface area contributed by atoms with Crippen molar-refractivity contribution in [2.24, 2.45) is 5.73 Å². The van der Waals surface area contributed by atoms with Crippen LogP contribution in [-0.4, -0.2) is 44.5 Å². The second kappa shape index (κ2) is 15.8. The maximum absolute atomic E-state index is 11.6. The zero-order chi connectivity index (χ0) is 15.8. The molecular weight excluding hydrogens is 262 g/mol. The van der Waals surface area contributed by atoms with Crippen molar-refractivity contribution in [3.8, 4) is 0 Å². The summed E-state index contributed by atoms with van der Waals surface area (Å²) in [6.45, 7) is 2.67. The van der Waals surface area contributed by atoms with Crippen LogP contribution in [0.2, 0.25) is 0 Å². The van der Waals surface area contributed by atoms with E-state index >= 15 is 0 Å². The van der Waals surface area contributed by atoms with Gasteiger partial charge in [0.15, 0.2) is 0 Å². The van der Waals surface area contributed by atoms with Crippen molar-refractivity contribution in [2.45, 2.75) is 70.6 Å². The molecule has 4 nitrogen and oxygen atoms in total. The molecule has 0 spiro atoms. The number of nitrogens with zero attached hydrogens (tertiary/aromatic N) is 1. The van der Waals surface area contributed by atoms with Gasteiger partial charge < -0.3 is 16.0 Å². The first-order valence-electron chi connectivity index (χ1n) is 8.78. The highest BCUT2D eigenvalue weighted by Gasteiger charge is 2.00. The molecule has 0 unspecified atom stereocenters. The van der Waals surface area contributed by atoms with Crippen molar-refractivity contribution in [1.82, 2.24) is 10.2 Å².